The first-order valence-corrected chi connectivity index (χ1v) is 8.83. The Kier molecular flexibility index (Phi) is 4.61. The number of primary amides is 1. The molecule has 0 aliphatic heterocycles. The Bertz CT molecular complexity index is 752. The molecule has 0 atom stereocenters. The van der Waals surface area contributed by atoms with E-state index in [9.17, 15) is 4.79 Å². The van der Waals surface area contributed by atoms with Gasteiger partial charge in [0.05, 0.1) is 6.04 Å². The molecule has 0 radical (unpaired) electrons. The Morgan fingerprint density at radius 3 is 2.52 bits per heavy atom. The number of nitrogens with two attached hydrogens (primary N) is 1. The van der Waals surface area contributed by atoms with Gasteiger partial charge in [0.15, 0.2) is 0 Å². The molecule has 0 bridgehead atoms. The summed E-state index contributed by atoms with van der Waals surface area (Å²) < 4.78 is 1.85. The van der Waals surface area contributed by atoms with Crippen LogP contribution < -0.4 is 10.5 Å². The Balaban J connectivity index is 1.84. The molecule has 1 fully saturated rings. The topological polar surface area (TPSA) is 73.3 Å². The SMILES string of the molecule is CC1CCC(/N=c2/sc(-c3ccc(C(N)=O)cc3)nn2C)CC1. The summed E-state index contributed by atoms with van der Waals surface area (Å²) >= 11 is 1.59. The predicted molar refractivity (Wildman–Crippen MR) is 92.0 cm³/mol. The van der Waals surface area contributed by atoms with Gasteiger partial charge < -0.3 is 5.73 Å². The van der Waals surface area contributed by atoms with Crippen LogP contribution in [0.25, 0.3) is 10.6 Å². The summed E-state index contributed by atoms with van der Waals surface area (Å²) in [5, 5.41) is 5.47. The van der Waals surface area contributed by atoms with Crippen molar-refractivity contribution in [2.75, 3.05) is 0 Å². The third-order valence-corrected chi connectivity index (χ3v) is 5.46. The Hall–Kier alpha value is -1.95. The zero-order valence-electron chi connectivity index (χ0n) is 13.5. The highest BCUT2D eigenvalue weighted by Gasteiger charge is 2.17. The van der Waals surface area contributed by atoms with Crippen molar-refractivity contribution in [2.45, 2.75) is 38.6 Å². The average molecular weight is 330 g/mol. The van der Waals surface area contributed by atoms with Crippen LogP contribution in [0.5, 0.6) is 0 Å². The van der Waals surface area contributed by atoms with E-state index >= 15 is 0 Å². The number of carbonyl (C=O) groups is 1. The highest BCUT2D eigenvalue weighted by Crippen LogP contribution is 2.25. The van der Waals surface area contributed by atoms with Crippen LogP contribution in [0.4, 0.5) is 0 Å². The minimum absolute atomic E-state index is 0.413. The molecule has 1 saturated carbocycles. The zero-order valence-corrected chi connectivity index (χ0v) is 14.3. The smallest absolute Gasteiger partial charge is 0.248 e. The highest BCUT2D eigenvalue weighted by atomic mass is 32.1. The standard InChI is InChI=1S/C17H22N4OS/c1-11-3-9-14(10-4-11)19-17-21(2)20-16(23-17)13-7-5-12(6-8-13)15(18)22/h5-8,11,14H,3-4,9-10H2,1-2H3,(H2,18,22)/b19-17+. The van der Waals surface area contributed by atoms with Gasteiger partial charge in [-0.2, -0.15) is 5.10 Å². The summed E-state index contributed by atoms with van der Waals surface area (Å²) in [4.78, 5) is 17.0. The van der Waals surface area contributed by atoms with Gasteiger partial charge >= 0.3 is 0 Å². The van der Waals surface area contributed by atoms with Crippen molar-refractivity contribution in [1.29, 1.82) is 0 Å². The number of carbonyl (C=O) groups excluding carboxylic acids is 1. The lowest BCUT2D eigenvalue weighted by Crippen LogP contribution is -2.21. The number of hydrogen-bond donors (Lipinski definition) is 1. The maximum atomic E-state index is 11.1. The van der Waals surface area contributed by atoms with Gasteiger partial charge in [0, 0.05) is 18.2 Å². The number of benzene rings is 1. The number of amides is 1. The summed E-state index contributed by atoms with van der Waals surface area (Å²) in [5.74, 6) is 0.416. The van der Waals surface area contributed by atoms with Gasteiger partial charge in [-0.3, -0.25) is 9.79 Å². The molecular weight excluding hydrogens is 308 g/mol. The van der Waals surface area contributed by atoms with E-state index in [4.69, 9.17) is 10.7 Å². The second-order valence-corrected chi connectivity index (χ2v) is 7.25. The lowest BCUT2D eigenvalue weighted by atomic mass is 9.88. The fourth-order valence-electron chi connectivity index (χ4n) is 2.88. The summed E-state index contributed by atoms with van der Waals surface area (Å²) in [6, 6.07) is 7.65. The minimum atomic E-state index is -0.413. The third kappa shape index (κ3) is 3.69. The first-order valence-electron chi connectivity index (χ1n) is 8.01. The molecular formula is C17H22N4OS. The number of hydrogen-bond acceptors (Lipinski definition) is 4. The van der Waals surface area contributed by atoms with Crippen molar-refractivity contribution in [3.05, 3.63) is 34.6 Å². The number of aryl methyl sites for hydroxylation is 1. The number of rotatable bonds is 3. The van der Waals surface area contributed by atoms with Gasteiger partial charge in [-0.15, -0.1) is 0 Å². The van der Waals surface area contributed by atoms with E-state index < -0.39 is 5.91 Å². The fraction of sp³-hybridized carbons (Fsp3) is 0.471. The molecule has 1 aliphatic rings. The van der Waals surface area contributed by atoms with Crippen molar-refractivity contribution in [3.63, 3.8) is 0 Å². The molecule has 2 N–H and O–H groups in total. The van der Waals surface area contributed by atoms with E-state index in [0.717, 1.165) is 21.3 Å². The van der Waals surface area contributed by atoms with Crippen molar-refractivity contribution in [2.24, 2.45) is 23.7 Å². The first-order chi connectivity index (χ1) is 11.0. The normalized spacial score (nSPS) is 22.3. The lowest BCUT2D eigenvalue weighted by Gasteiger charge is -2.22. The summed E-state index contributed by atoms with van der Waals surface area (Å²) in [7, 11) is 1.93. The van der Waals surface area contributed by atoms with Crippen LogP contribution >= 0.6 is 11.3 Å². The molecule has 0 saturated heterocycles. The van der Waals surface area contributed by atoms with E-state index in [2.05, 4.69) is 12.0 Å². The summed E-state index contributed by atoms with van der Waals surface area (Å²) in [6.45, 7) is 2.32. The van der Waals surface area contributed by atoms with Gasteiger partial charge in [-0.1, -0.05) is 30.4 Å². The van der Waals surface area contributed by atoms with Crippen LogP contribution in [0.1, 0.15) is 43.0 Å². The van der Waals surface area contributed by atoms with Crippen LogP contribution in [-0.4, -0.2) is 21.7 Å². The molecule has 6 heteroatoms. The van der Waals surface area contributed by atoms with Crippen molar-refractivity contribution in [1.82, 2.24) is 9.78 Å². The van der Waals surface area contributed by atoms with Crippen molar-refractivity contribution >= 4 is 17.2 Å². The van der Waals surface area contributed by atoms with Gasteiger partial charge in [0.2, 0.25) is 10.7 Å². The van der Waals surface area contributed by atoms with Crippen LogP contribution in [0.3, 0.4) is 0 Å². The van der Waals surface area contributed by atoms with Gasteiger partial charge in [-0.05, 0) is 43.7 Å². The molecule has 3 rings (SSSR count). The molecule has 1 heterocycles. The highest BCUT2D eigenvalue weighted by molar-refractivity contribution is 7.12. The predicted octanol–water partition coefficient (Wildman–Crippen LogP) is 2.73. The fourth-order valence-corrected chi connectivity index (χ4v) is 3.85. The van der Waals surface area contributed by atoms with Gasteiger partial charge in [0.25, 0.3) is 0 Å². The average Bonchev–Trinajstić information content (AvgIpc) is 2.91. The Labute approximate surface area is 139 Å². The molecule has 1 aromatic heterocycles. The second kappa shape index (κ2) is 6.66. The Morgan fingerprint density at radius 2 is 1.91 bits per heavy atom. The molecule has 23 heavy (non-hydrogen) atoms. The minimum Gasteiger partial charge on any atom is -0.366 e. The molecule has 5 nitrogen and oxygen atoms in total. The molecule has 0 spiro atoms. The molecule has 122 valence electrons. The maximum absolute atomic E-state index is 11.1. The van der Waals surface area contributed by atoms with E-state index in [0.29, 0.717) is 11.6 Å². The molecule has 2 aromatic rings. The second-order valence-electron chi connectivity index (χ2n) is 6.30. The quantitative estimate of drug-likeness (QED) is 0.939. The van der Waals surface area contributed by atoms with E-state index in [1.54, 1.807) is 23.5 Å². The lowest BCUT2D eigenvalue weighted by molar-refractivity contribution is 0.100. The first kappa shape index (κ1) is 15.9. The third-order valence-electron chi connectivity index (χ3n) is 4.40. The van der Waals surface area contributed by atoms with E-state index in [1.807, 2.05) is 23.9 Å². The number of nitrogens with zero attached hydrogens (tertiary/aromatic N) is 3. The van der Waals surface area contributed by atoms with Crippen molar-refractivity contribution < 1.29 is 4.79 Å². The van der Waals surface area contributed by atoms with E-state index in [1.165, 1.54) is 25.7 Å². The van der Waals surface area contributed by atoms with Crippen LogP contribution in [0, 0.1) is 5.92 Å². The summed E-state index contributed by atoms with van der Waals surface area (Å²) in [5.41, 5.74) is 6.76. The molecule has 0 unspecified atom stereocenters. The number of aromatic nitrogens is 2. The van der Waals surface area contributed by atoms with E-state index in [-0.39, 0.29) is 0 Å². The van der Waals surface area contributed by atoms with Crippen LogP contribution in [0.15, 0.2) is 29.3 Å². The zero-order chi connectivity index (χ0) is 16.4. The largest absolute Gasteiger partial charge is 0.366 e. The summed E-state index contributed by atoms with van der Waals surface area (Å²) in [6.07, 6.45) is 4.86. The Morgan fingerprint density at radius 1 is 1.26 bits per heavy atom. The molecule has 1 amide bonds. The monoisotopic (exact) mass is 330 g/mol. The molecule has 1 aliphatic carbocycles. The van der Waals surface area contributed by atoms with Gasteiger partial charge in [0.1, 0.15) is 5.01 Å². The maximum Gasteiger partial charge on any atom is 0.248 e. The van der Waals surface area contributed by atoms with Crippen LogP contribution in [-0.2, 0) is 7.05 Å². The molecule has 1 aromatic carbocycles. The van der Waals surface area contributed by atoms with Crippen LogP contribution in [0.2, 0.25) is 0 Å². The van der Waals surface area contributed by atoms with Gasteiger partial charge in [-0.25, -0.2) is 4.68 Å². The van der Waals surface area contributed by atoms with Crippen molar-refractivity contribution in [3.8, 4) is 10.6 Å².